The molecule has 0 saturated carbocycles. The first-order chi connectivity index (χ1) is 6.61. The number of H-pyrrole nitrogens is 1. The van der Waals surface area contributed by atoms with Crippen LogP contribution in [-0.4, -0.2) is 4.98 Å². The molecule has 0 atom stereocenters. The first-order valence-corrected chi connectivity index (χ1v) is 4.24. The Bertz CT molecular complexity index is 564. The molecule has 0 fully saturated rings. The number of hydrogen-bond donors (Lipinski definition) is 2. The largest absolute Gasteiger partial charge is 0.395 e. The third-order valence-corrected chi connectivity index (χ3v) is 2.31. The SMILES string of the molecule is Nc1c(Cl)cc2c(=O)[nH]ccc2c1F. The van der Waals surface area contributed by atoms with Gasteiger partial charge in [-0.1, -0.05) is 11.6 Å². The average Bonchev–Trinajstić information content (AvgIpc) is 2.17. The molecule has 0 unspecified atom stereocenters. The van der Waals surface area contributed by atoms with E-state index in [2.05, 4.69) is 4.98 Å². The van der Waals surface area contributed by atoms with Gasteiger partial charge in [0.2, 0.25) is 0 Å². The smallest absolute Gasteiger partial charge is 0.255 e. The van der Waals surface area contributed by atoms with Gasteiger partial charge < -0.3 is 10.7 Å². The zero-order chi connectivity index (χ0) is 10.3. The van der Waals surface area contributed by atoms with Crippen molar-refractivity contribution in [3.05, 3.63) is 39.5 Å². The van der Waals surface area contributed by atoms with Crippen molar-refractivity contribution in [2.75, 3.05) is 5.73 Å². The van der Waals surface area contributed by atoms with Gasteiger partial charge >= 0.3 is 0 Å². The van der Waals surface area contributed by atoms with E-state index in [1.165, 1.54) is 18.3 Å². The van der Waals surface area contributed by atoms with Crippen molar-refractivity contribution >= 4 is 28.1 Å². The fraction of sp³-hybridized carbons (Fsp3) is 0. The van der Waals surface area contributed by atoms with E-state index in [1.807, 2.05) is 0 Å². The summed E-state index contributed by atoms with van der Waals surface area (Å²) in [6, 6.07) is 2.80. The number of aromatic amines is 1. The number of nitrogens with one attached hydrogen (secondary N) is 1. The fourth-order valence-corrected chi connectivity index (χ4v) is 1.47. The van der Waals surface area contributed by atoms with Gasteiger partial charge in [0.05, 0.1) is 16.1 Å². The predicted molar refractivity (Wildman–Crippen MR) is 53.9 cm³/mol. The fourth-order valence-electron chi connectivity index (χ4n) is 1.28. The summed E-state index contributed by atoms with van der Waals surface area (Å²) in [5.41, 5.74) is 4.86. The molecule has 0 saturated heterocycles. The highest BCUT2D eigenvalue weighted by atomic mass is 35.5. The number of pyridine rings is 1. The summed E-state index contributed by atoms with van der Waals surface area (Å²) in [7, 11) is 0. The Balaban J connectivity index is 3.06. The topological polar surface area (TPSA) is 58.9 Å². The molecule has 0 bridgehead atoms. The van der Waals surface area contributed by atoms with Crippen LogP contribution in [0.15, 0.2) is 23.1 Å². The highest BCUT2D eigenvalue weighted by Crippen LogP contribution is 2.27. The molecule has 0 aliphatic rings. The summed E-state index contributed by atoms with van der Waals surface area (Å²) in [6.45, 7) is 0. The van der Waals surface area contributed by atoms with Crippen LogP contribution in [-0.2, 0) is 0 Å². The van der Waals surface area contributed by atoms with Crippen molar-refractivity contribution in [1.82, 2.24) is 4.98 Å². The van der Waals surface area contributed by atoms with Crippen molar-refractivity contribution in [2.24, 2.45) is 0 Å². The van der Waals surface area contributed by atoms with E-state index in [9.17, 15) is 9.18 Å². The highest BCUT2D eigenvalue weighted by molar-refractivity contribution is 6.34. The second-order valence-electron chi connectivity index (χ2n) is 2.85. The first-order valence-electron chi connectivity index (χ1n) is 3.86. The zero-order valence-electron chi connectivity index (χ0n) is 6.97. The van der Waals surface area contributed by atoms with Crippen LogP contribution in [0.25, 0.3) is 10.8 Å². The Hall–Kier alpha value is -1.55. The monoisotopic (exact) mass is 212 g/mol. The van der Waals surface area contributed by atoms with Crippen LogP contribution in [0.4, 0.5) is 10.1 Å². The molecule has 2 rings (SSSR count). The van der Waals surface area contributed by atoms with Crippen LogP contribution in [0, 0.1) is 5.82 Å². The van der Waals surface area contributed by atoms with E-state index >= 15 is 0 Å². The number of hydrogen-bond acceptors (Lipinski definition) is 2. The van der Waals surface area contributed by atoms with Gasteiger partial charge in [-0.05, 0) is 12.1 Å². The maximum Gasteiger partial charge on any atom is 0.255 e. The van der Waals surface area contributed by atoms with Gasteiger partial charge in [-0.2, -0.15) is 0 Å². The number of benzene rings is 1. The van der Waals surface area contributed by atoms with E-state index in [4.69, 9.17) is 17.3 Å². The lowest BCUT2D eigenvalue weighted by molar-refractivity contribution is 0.644. The number of nitrogen functional groups attached to an aromatic ring is 1. The van der Waals surface area contributed by atoms with E-state index in [0.29, 0.717) is 0 Å². The van der Waals surface area contributed by atoms with Crippen LogP contribution < -0.4 is 11.3 Å². The van der Waals surface area contributed by atoms with Crippen molar-refractivity contribution in [3.8, 4) is 0 Å². The first kappa shape index (κ1) is 9.02. The molecule has 1 aromatic carbocycles. The predicted octanol–water partition coefficient (Wildman–Crippen LogP) is 1.90. The van der Waals surface area contributed by atoms with Gasteiger partial charge in [0, 0.05) is 11.6 Å². The van der Waals surface area contributed by atoms with Crippen molar-refractivity contribution in [1.29, 1.82) is 0 Å². The van der Waals surface area contributed by atoms with Gasteiger partial charge in [0.1, 0.15) is 0 Å². The molecule has 0 aliphatic heterocycles. The molecule has 14 heavy (non-hydrogen) atoms. The van der Waals surface area contributed by atoms with Crippen LogP contribution in [0.3, 0.4) is 0 Å². The number of fused-ring (bicyclic) bond motifs is 1. The lowest BCUT2D eigenvalue weighted by Crippen LogP contribution is -2.06. The Morgan fingerprint density at radius 2 is 2.14 bits per heavy atom. The zero-order valence-corrected chi connectivity index (χ0v) is 7.73. The average molecular weight is 213 g/mol. The van der Waals surface area contributed by atoms with Crippen LogP contribution >= 0.6 is 11.6 Å². The quantitative estimate of drug-likeness (QED) is 0.656. The molecule has 0 radical (unpaired) electrons. The van der Waals surface area contributed by atoms with Crippen LogP contribution in [0.1, 0.15) is 0 Å². The summed E-state index contributed by atoms with van der Waals surface area (Å²) in [4.78, 5) is 13.7. The number of nitrogens with two attached hydrogens (primary N) is 1. The standard InChI is InChI=1S/C9H6ClFN2O/c10-6-3-5-4(7(11)8(6)12)1-2-13-9(5)14/h1-3H,12H2,(H,13,14). The minimum Gasteiger partial charge on any atom is -0.395 e. The number of rotatable bonds is 0. The van der Waals surface area contributed by atoms with Gasteiger partial charge in [-0.25, -0.2) is 4.39 Å². The highest BCUT2D eigenvalue weighted by Gasteiger charge is 2.10. The summed E-state index contributed by atoms with van der Waals surface area (Å²) in [6.07, 6.45) is 1.36. The number of anilines is 1. The number of aromatic nitrogens is 1. The summed E-state index contributed by atoms with van der Waals surface area (Å²) in [5.74, 6) is -0.654. The van der Waals surface area contributed by atoms with Gasteiger partial charge in [-0.15, -0.1) is 0 Å². The van der Waals surface area contributed by atoms with Gasteiger partial charge in [0.15, 0.2) is 5.82 Å². The van der Waals surface area contributed by atoms with Crippen molar-refractivity contribution in [3.63, 3.8) is 0 Å². The molecule has 3 N–H and O–H groups in total. The minimum atomic E-state index is -0.654. The number of halogens is 2. The maximum absolute atomic E-state index is 13.5. The lowest BCUT2D eigenvalue weighted by Gasteiger charge is -2.03. The minimum absolute atomic E-state index is 0.0479. The molecule has 0 aliphatic carbocycles. The molecular weight excluding hydrogens is 207 g/mol. The maximum atomic E-state index is 13.5. The molecule has 2 aromatic rings. The molecule has 0 amide bonds. The Morgan fingerprint density at radius 3 is 2.86 bits per heavy atom. The summed E-state index contributed by atoms with van der Waals surface area (Å²) < 4.78 is 13.5. The van der Waals surface area contributed by atoms with E-state index in [1.54, 1.807) is 0 Å². The van der Waals surface area contributed by atoms with Gasteiger partial charge in [-0.3, -0.25) is 4.79 Å². The molecule has 5 heteroatoms. The Morgan fingerprint density at radius 1 is 1.43 bits per heavy atom. The van der Waals surface area contributed by atoms with E-state index < -0.39 is 5.82 Å². The third kappa shape index (κ3) is 1.15. The molecule has 1 heterocycles. The third-order valence-electron chi connectivity index (χ3n) is 2.00. The van der Waals surface area contributed by atoms with E-state index in [0.717, 1.165) is 0 Å². The van der Waals surface area contributed by atoms with Crippen molar-refractivity contribution in [2.45, 2.75) is 0 Å². The van der Waals surface area contributed by atoms with Crippen LogP contribution in [0.5, 0.6) is 0 Å². The lowest BCUT2D eigenvalue weighted by atomic mass is 10.1. The molecule has 1 aromatic heterocycles. The summed E-state index contributed by atoms with van der Waals surface area (Å²) >= 11 is 5.65. The van der Waals surface area contributed by atoms with Crippen molar-refractivity contribution < 1.29 is 4.39 Å². The molecule has 0 spiro atoms. The van der Waals surface area contributed by atoms with Crippen LogP contribution in [0.2, 0.25) is 5.02 Å². The molecule has 72 valence electrons. The summed E-state index contributed by atoms with van der Waals surface area (Å²) in [5, 5.41) is 0.423. The second kappa shape index (κ2) is 2.99. The molecular formula is C9H6ClFN2O. The Kier molecular flexibility index (Phi) is 1.93. The van der Waals surface area contributed by atoms with E-state index in [-0.39, 0.29) is 27.0 Å². The molecule has 3 nitrogen and oxygen atoms in total. The normalized spacial score (nSPS) is 10.7. The second-order valence-corrected chi connectivity index (χ2v) is 3.26. The van der Waals surface area contributed by atoms with Gasteiger partial charge in [0.25, 0.3) is 5.56 Å². The Labute approximate surface area is 83.3 Å².